The molecule has 0 atom stereocenters. The van der Waals surface area contributed by atoms with Crippen molar-refractivity contribution in [3.05, 3.63) is 22.4 Å². The predicted octanol–water partition coefficient (Wildman–Crippen LogP) is -1.93. The lowest BCUT2D eigenvalue weighted by molar-refractivity contribution is -0.255. The van der Waals surface area contributed by atoms with Gasteiger partial charge in [0.2, 0.25) is 0 Å². The number of nitrogens with one attached hydrogen (secondary N) is 2. The van der Waals surface area contributed by atoms with Gasteiger partial charge in [-0.2, -0.15) is 0 Å². The molecule has 0 saturated heterocycles. The monoisotopic (exact) mass is 127 g/mol. The summed E-state index contributed by atoms with van der Waals surface area (Å²) in [6.45, 7) is 0. The lowest BCUT2D eigenvalue weighted by Gasteiger charge is -1.91. The number of hydrogen-bond acceptors (Lipinski definition) is 3. The third-order valence-corrected chi connectivity index (χ3v) is 0.816. The fraction of sp³-hybridized carbons (Fsp3) is 0. The molecule has 48 valence electrons. The van der Waals surface area contributed by atoms with E-state index in [0.29, 0.717) is 0 Å². The number of carbonyl (C=O) groups excluding carboxylic acids is 1. The van der Waals surface area contributed by atoms with Crippen molar-refractivity contribution >= 4 is 5.97 Å². The van der Waals surface area contributed by atoms with Gasteiger partial charge in [-0.1, -0.05) is 0 Å². The van der Waals surface area contributed by atoms with Gasteiger partial charge in [-0.05, 0) is 0 Å². The second kappa shape index (κ2) is 1.77. The van der Waals surface area contributed by atoms with Gasteiger partial charge in [0.25, 0.3) is 0 Å². The minimum atomic E-state index is -1.40. The molecule has 1 heterocycles. The number of carboxylic acids is 1. The van der Waals surface area contributed by atoms with Crippen LogP contribution in [0.2, 0.25) is 0 Å². The highest BCUT2D eigenvalue weighted by Crippen LogP contribution is 1.80. The molecule has 1 rings (SSSR count). The molecule has 0 saturated carbocycles. The van der Waals surface area contributed by atoms with Gasteiger partial charge in [-0.3, -0.25) is 0 Å². The molecule has 1 aromatic heterocycles. The molecule has 0 aliphatic carbocycles. The lowest BCUT2D eigenvalue weighted by Crippen LogP contribution is -2.23. The number of H-pyrrole nitrogens is 2. The molecular weight excluding hydrogens is 124 g/mol. The summed E-state index contributed by atoms with van der Waals surface area (Å²) in [7, 11) is 0. The summed E-state index contributed by atoms with van der Waals surface area (Å²) >= 11 is 0. The predicted molar refractivity (Wildman–Crippen MR) is 25.7 cm³/mol. The summed E-state index contributed by atoms with van der Waals surface area (Å²) < 4.78 is 0. The lowest BCUT2D eigenvalue weighted by atomic mass is 10.5. The van der Waals surface area contributed by atoms with Crippen LogP contribution in [-0.4, -0.2) is 15.9 Å². The molecule has 0 aromatic carbocycles. The molecule has 0 aliphatic heterocycles. The van der Waals surface area contributed by atoms with Crippen LogP contribution in [0.4, 0.5) is 0 Å². The first kappa shape index (κ1) is 5.61. The normalized spacial score (nSPS) is 9.33. The number of aromatic nitrogens is 2. The van der Waals surface area contributed by atoms with E-state index in [2.05, 4.69) is 4.98 Å². The van der Waals surface area contributed by atoms with Crippen molar-refractivity contribution in [3.8, 4) is 0 Å². The van der Waals surface area contributed by atoms with E-state index in [4.69, 9.17) is 0 Å². The zero-order valence-corrected chi connectivity index (χ0v) is 4.30. The van der Waals surface area contributed by atoms with E-state index >= 15 is 0 Å². The highest BCUT2D eigenvalue weighted by atomic mass is 16.4. The molecule has 0 aliphatic rings. The highest BCUT2D eigenvalue weighted by Gasteiger charge is 1.92. The van der Waals surface area contributed by atoms with E-state index in [0.717, 1.165) is 6.20 Å². The molecule has 0 amide bonds. The van der Waals surface area contributed by atoms with Crippen LogP contribution < -0.4 is 10.8 Å². The molecule has 0 fully saturated rings. The second-order valence-corrected chi connectivity index (χ2v) is 1.44. The number of hydrogen-bond donors (Lipinski definition) is 2. The Balaban J connectivity index is 3.12. The van der Waals surface area contributed by atoms with E-state index in [1.54, 1.807) is 0 Å². The molecule has 0 unspecified atom stereocenters. The van der Waals surface area contributed by atoms with E-state index in [9.17, 15) is 14.7 Å². The summed E-state index contributed by atoms with van der Waals surface area (Å²) in [6, 6.07) is 0. The van der Waals surface area contributed by atoms with Gasteiger partial charge in [0.05, 0.1) is 11.7 Å². The fourth-order valence-corrected chi connectivity index (χ4v) is 0.442. The largest absolute Gasteiger partial charge is 0.543 e. The topological polar surface area (TPSA) is 88.8 Å². The van der Waals surface area contributed by atoms with Crippen molar-refractivity contribution in [2.45, 2.75) is 0 Å². The van der Waals surface area contributed by atoms with Crippen LogP contribution in [0.25, 0.3) is 0 Å². The first-order chi connectivity index (χ1) is 4.20. The molecule has 0 bridgehead atoms. The van der Waals surface area contributed by atoms with Gasteiger partial charge >= 0.3 is 5.69 Å². The third kappa shape index (κ3) is 0.987. The SMILES string of the molecule is O=C([O-])c1c[nH]c(=O)[nH]1. The summed E-state index contributed by atoms with van der Waals surface area (Å²) in [5, 5.41) is 9.91. The standard InChI is InChI=1S/C4H4N2O3/c7-3(8)2-1-5-4(9)6-2/h1H,(H,7,8)(H2,5,6,9)/p-1. The smallest absolute Gasteiger partial charge is 0.323 e. The number of aromatic amines is 2. The Hall–Kier alpha value is -1.52. The Labute approximate surface area is 49.3 Å². The van der Waals surface area contributed by atoms with Crippen molar-refractivity contribution in [2.75, 3.05) is 0 Å². The molecule has 1 aromatic rings. The van der Waals surface area contributed by atoms with Gasteiger partial charge in [0.1, 0.15) is 0 Å². The van der Waals surface area contributed by atoms with Crippen molar-refractivity contribution in [3.63, 3.8) is 0 Å². The van der Waals surface area contributed by atoms with Crippen LogP contribution in [-0.2, 0) is 0 Å². The Bertz CT molecular complexity index is 271. The average molecular weight is 127 g/mol. The van der Waals surface area contributed by atoms with Crippen LogP contribution in [0.1, 0.15) is 10.5 Å². The van der Waals surface area contributed by atoms with Crippen LogP contribution >= 0.6 is 0 Å². The maximum absolute atomic E-state index is 10.2. The summed E-state index contributed by atoms with van der Waals surface area (Å²) in [6.07, 6.45) is 1.04. The molecule has 0 spiro atoms. The maximum Gasteiger partial charge on any atom is 0.323 e. The van der Waals surface area contributed by atoms with Gasteiger partial charge in [-0.25, -0.2) is 4.79 Å². The van der Waals surface area contributed by atoms with Crippen LogP contribution in [0.3, 0.4) is 0 Å². The molecule has 2 N–H and O–H groups in total. The van der Waals surface area contributed by atoms with E-state index in [-0.39, 0.29) is 5.69 Å². The van der Waals surface area contributed by atoms with Crippen molar-refractivity contribution in [1.82, 2.24) is 9.97 Å². The number of rotatable bonds is 1. The Morgan fingerprint density at radius 2 is 2.33 bits per heavy atom. The van der Waals surface area contributed by atoms with Crippen LogP contribution in [0, 0.1) is 0 Å². The Kier molecular flexibility index (Phi) is 1.11. The van der Waals surface area contributed by atoms with Gasteiger partial charge in [0.15, 0.2) is 0 Å². The Morgan fingerprint density at radius 1 is 1.67 bits per heavy atom. The molecule has 0 radical (unpaired) electrons. The van der Waals surface area contributed by atoms with E-state index in [1.165, 1.54) is 0 Å². The number of carbonyl (C=O) groups is 1. The fourth-order valence-electron chi connectivity index (χ4n) is 0.442. The van der Waals surface area contributed by atoms with Gasteiger partial charge < -0.3 is 19.9 Å². The average Bonchev–Trinajstić information content (AvgIpc) is 2.14. The highest BCUT2D eigenvalue weighted by molar-refractivity contribution is 5.82. The third-order valence-electron chi connectivity index (χ3n) is 0.816. The maximum atomic E-state index is 10.2. The Morgan fingerprint density at radius 3 is 2.56 bits per heavy atom. The summed E-state index contributed by atoms with van der Waals surface area (Å²) in [5.41, 5.74) is -0.783. The van der Waals surface area contributed by atoms with E-state index in [1.807, 2.05) is 4.98 Å². The minimum Gasteiger partial charge on any atom is -0.543 e. The van der Waals surface area contributed by atoms with Crippen LogP contribution in [0.15, 0.2) is 11.0 Å². The van der Waals surface area contributed by atoms with Crippen molar-refractivity contribution < 1.29 is 9.90 Å². The quantitative estimate of drug-likeness (QED) is 0.460. The summed E-state index contributed by atoms with van der Waals surface area (Å²) in [4.78, 5) is 24.2. The van der Waals surface area contributed by atoms with E-state index < -0.39 is 11.7 Å². The first-order valence-corrected chi connectivity index (χ1v) is 2.19. The number of aromatic carboxylic acids is 1. The van der Waals surface area contributed by atoms with Crippen molar-refractivity contribution in [2.24, 2.45) is 0 Å². The molecule has 5 nitrogen and oxygen atoms in total. The van der Waals surface area contributed by atoms with Gasteiger partial charge in [0, 0.05) is 6.20 Å². The van der Waals surface area contributed by atoms with Gasteiger partial charge in [-0.15, -0.1) is 0 Å². The summed E-state index contributed by atoms with van der Waals surface area (Å²) in [5.74, 6) is -1.40. The zero-order chi connectivity index (χ0) is 6.85. The first-order valence-electron chi connectivity index (χ1n) is 2.19. The second-order valence-electron chi connectivity index (χ2n) is 1.44. The minimum absolute atomic E-state index is 0.236. The number of carboxylic acid groups (broad SMARTS) is 1. The molecule has 5 heteroatoms. The van der Waals surface area contributed by atoms with Crippen molar-refractivity contribution in [1.29, 1.82) is 0 Å². The van der Waals surface area contributed by atoms with Crippen LogP contribution in [0.5, 0.6) is 0 Å². The molecular formula is C4H3N2O3-. The molecule has 9 heavy (non-hydrogen) atoms. The number of imidazole rings is 1. The zero-order valence-electron chi connectivity index (χ0n) is 4.30.